The van der Waals surface area contributed by atoms with E-state index in [2.05, 4.69) is 10.6 Å². The summed E-state index contributed by atoms with van der Waals surface area (Å²) in [5, 5.41) is 5.98. The van der Waals surface area contributed by atoms with Crippen LogP contribution in [0.1, 0.15) is 6.42 Å². The molecule has 2 rings (SSSR count). The van der Waals surface area contributed by atoms with Crippen molar-refractivity contribution in [2.75, 3.05) is 38.7 Å². The molecule has 0 radical (unpaired) electrons. The van der Waals surface area contributed by atoms with Gasteiger partial charge in [-0.15, -0.1) is 12.4 Å². The molecule has 2 N–H and O–H groups in total. The van der Waals surface area contributed by atoms with E-state index in [1.54, 1.807) is 7.05 Å². The molecule has 0 aromatic heterocycles. The van der Waals surface area contributed by atoms with Crippen molar-refractivity contribution in [2.24, 2.45) is 0 Å². The Morgan fingerprint density at radius 2 is 2.09 bits per heavy atom. The van der Waals surface area contributed by atoms with E-state index < -0.39 is 0 Å². The summed E-state index contributed by atoms with van der Waals surface area (Å²) in [5.41, 5.74) is 0.727. The highest BCUT2D eigenvalue weighted by Gasteiger charge is 2.20. The molecule has 0 spiro atoms. The number of likely N-dealkylation sites (N-methyl/N-ethyl adjacent to an activating group) is 1. The number of halogens is 1. The Bertz CT molecular complexity index is 478. The lowest BCUT2D eigenvalue weighted by molar-refractivity contribution is -0.134. The third kappa shape index (κ3) is 6.01. The minimum absolute atomic E-state index is 0. The number of ether oxygens (including phenoxy) is 1. The predicted molar refractivity (Wildman–Crippen MR) is 87.2 cm³/mol. The van der Waals surface area contributed by atoms with Crippen LogP contribution < -0.4 is 10.6 Å². The summed E-state index contributed by atoms with van der Waals surface area (Å²) in [6, 6.07) is 9.22. The lowest BCUT2D eigenvalue weighted by Gasteiger charge is -2.25. The number of carbonyl (C=O) groups is 2. The van der Waals surface area contributed by atoms with Crippen LogP contribution in [-0.4, -0.2) is 56.1 Å². The number of carbonyl (C=O) groups excluding carboxylic acids is 2. The van der Waals surface area contributed by atoms with Crippen LogP contribution >= 0.6 is 12.4 Å². The van der Waals surface area contributed by atoms with Gasteiger partial charge < -0.3 is 20.3 Å². The van der Waals surface area contributed by atoms with Gasteiger partial charge in [0.1, 0.15) is 0 Å². The van der Waals surface area contributed by atoms with Crippen molar-refractivity contribution in [3.05, 3.63) is 30.3 Å². The molecule has 1 aromatic rings. The van der Waals surface area contributed by atoms with Gasteiger partial charge in [-0.05, 0) is 12.1 Å². The topological polar surface area (TPSA) is 70.7 Å². The Balaban J connectivity index is 0.00000242. The van der Waals surface area contributed by atoms with Crippen LogP contribution in [0.3, 0.4) is 0 Å². The number of para-hydroxylation sites is 1. The van der Waals surface area contributed by atoms with Crippen molar-refractivity contribution in [3.63, 3.8) is 0 Å². The van der Waals surface area contributed by atoms with Gasteiger partial charge in [-0.2, -0.15) is 0 Å². The zero-order chi connectivity index (χ0) is 15.1. The van der Waals surface area contributed by atoms with Crippen LogP contribution in [0.15, 0.2) is 30.3 Å². The highest BCUT2D eigenvalue weighted by molar-refractivity contribution is 5.94. The lowest BCUT2D eigenvalue weighted by Crippen LogP contribution is -2.45. The molecule has 1 aromatic carbocycles. The van der Waals surface area contributed by atoms with E-state index >= 15 is 0 Å². The summed E-state index contributed by atoms with van der Waals surface area (Å²) in [7, 11) is 1.64. The Morgan fingerprint density at radius 1 is 1.36 bits per heavy atom. The largest absolute Gasteiger partial charge is 0.378 e. The molecule has 1 heterocycles. The standard InChI is InChI=1S/C15H21N3O3.ClH/c1-18(15(20)9-13-11-21-8-7-16-13)10-14(19)17-12-5-3-2-4-6-12;/h2-6,13,16H,7-11H2,1H3,(H,17,19);1H. The molecular weight excluding hydrogens is 306 g/mol. The van der Waals surface area contributed by atoms with E-state index in [0.29, 0.717) is 19.6 Å². The molecule has 7 heteroatoms. The summed E-state index contributed by atoms with van der Waals surface area (Å²) in [6.07, 6.45) is 0.342. The van der Waals surface area contributed by atoms with Crippen molar-refractivity contribution in [2.45, 2.75) is 12.5 Å². The van der Waals surface area contributed by atoms with Crippen LogP contribution in [0.4, 0.5) is 5.69 Å². The summed E-state index contributed by atoms with van der Waals surface area (Å²) in [4.78, 5) is 25.4. The Morgan fingerprint density at radius 3 is 2.73 bits per heavy atom. The van der Waals surface area contributed by atoms with Gasteiger partial charge in [0.05, 0.1) is 19.8 Å². The van der Waals surface area contributed by atoms with Crippen LogP contribution in [0.5, 0.6) is 0 Å². The highest BCUT2D eigenvalue weighted by atomic mass is 35.5. The van der Waals surface area contributed by atoms with E-state index in [-0.39, 0.29) is 36.8 Å². The maximum Gasteiger partial charge on any atom is 0.243 e. The van der Waals surface area contributed by atoms with E-state index in [1.807, 2.05) is 30.3 Å². The van der Waals surface area contributed by atoms with Crippen LogP contribution in [-0.2, 0) is 14.3 Å². The first kappa shape index (κ1) is 18.4. The van der Waals surface area contributed by atoms with Gasteiger partial charge in [0.2, 0.25) is 11.8 Å². The molecule has 2 amide bonds. The summed E-state index contributed by atoms with van der Waals surface area (Å²) < 4.78 is 5.31. The third-order valence-electron chi connectivity index (χ3n) is 3.28. The number of hydrogen-bond acceptors (Lipinski definition) is 4. The maximum absolute atomic E-state index is 12.0. The normalized spacial score (nSPS) is 17.2. The van der Waals surface area contributed by atoms with Gasteiger partial charge in [-0.3, -0.25) is 9.59 Å². The van der Waals surface area contributed by atoms with Gasteiger partial charge in [0.15, 0.2) is 0 Å². The van der Waals surface area contributed by atoms with Crippen molar-refractivity contribution < 1.29 is 14.3 Å². The first-order valence-electron chi connectivity index (χ1n) is 7.05. The lowest BCUT2D eigenvalue weighted by atomic mass is 10.2. The summed E-state index contributed by atoms with van der Waals surface area (Å²) >= 11 is 0. The summed E-state index contributed by atoms with van der Waals surface area (Å²) in [5.74, 6) is -0.272. The molecule has 6 nitrogen and oxygen atoms in total. The second-order valence-corrected chi connectivity index (χ2v) is 5.09. The number of amides is 2. The van der Waals surface area contributed by atoms with Crippen LogP contribution in [0, 0.1) is 0 Å². The van der Waals surface area contributed by atoms with Gasteiger partial charge in [0.25, 0.3) is 0 Å². The van der Waals surface area contributed by atoms with Crippen LogP contribution in [0.2, 0.25) is 0 Å². The highest BCUT2D eigenvalue weighted by Crippen LogP contribution is 2.05. The SMILES string of the molecule is CN(CC(=O)Nc1ccccc1)C(=O)CC1COCCN1.Cl. The van der Waals surface area contributed by atoms with E-state index in [9.17, 15) is 9.59 Å². The Kier molecular flexibility index (Phi) is 7.87. The first-order valence-corrected chi connectivity index (χ1v) is 7.05. The van der Waals surface area contributed by atoms with Crippen molar-refractivity contribution in [1.82, 2.24) is 10.2 Å². The average molecular weight is 328 g/mol. The first-order chi connectivity index (χ1) is 10.1. The molecule has 1 saturated heterocycles. The number of benzene rings is 1. The van der Waals surface area contributed by atoms with E-state index in [1.165, 1.54) is 4.90 Å². The maximum atomic E-state index is 12.0. The van der Waals surface area contributed by atoms with E-state index in [4.69, 9.17) is 4.74 Å². The van der Waals surface area contributed by atoms with Gasteiger partial charge in [0, 0.05) is 31.7 Å². The van der Waals surface area contributed by atoms with E-state index in [0.717, 1.165) is 12.2 Å². The number of anilines is 1. The van der Waals surface area contributed by atoms with Gasteiger partial charge >= 0.3 is 0 Å². The van der Waals surface area contributed by atoms with Gasteiger partial charge in [-0.1, -0.05) is 18.2 Å². The number of nitrogens with one attached hydrogen (secondary N) is 2. The third-order valence-corrected chi connectivity index (χ3v) is 3.28. The average Bonchev–Trinajstić information content (AvgIpc) is 2.49. The fourth-order valence-electron chi connectivity index (χ4n) is 2.14. The molecule has 122 valence electrons. The second-order valence-electron chi connectivity index (χ2n) is 5.09. The molecule has 22 heavy (non-hydrogen) atoms. The predicted octanol–water partition coefficient (Wildman–Crippen LogP) is 0.884. The smallest absolute Gasteiger partial charge is 0.243 e. The van der Waals surface area contributed by atoms with Crippen LogP contribution in [0.25, 0.3) is 0 Å². The molecule has 1 atom stereocenters. The number of hydrogen-bond donors (Lipinski definition) is 2. The quantitative estimate of drug-likeness (QED) is 0.842. The number of nitrogens with zero attached hydrogens (tertiary/aromatic N) is 1. The fraction of sp³-hybridized carbons (Fsp3) is 0.467. The van der Waals surface area contributed by atoms with Gasteiger partial charge in [-0.25, -0.2) is 0 Å². The second kappa shape index (κ2) is 9.40. The monoisotopic (exact) mass is 327 g/mol. The number of morpholine rings is 1. The molecule has 1 aliphatic rings. The molecule has 0 saturated carbocycles. The molecule has 1 unspecified atom stereocenters. The number of rotatable bonds is 5. The fourth-order valence-corrected chi connectivity index (χ4v) is 2.14. The molecule has 1 fully saturated rings. The minimum atomic E-state index is -0.204. The van der Waals surface area contributed by atoms with Crippen molar-refractivity contribution in [3.8, 4) is 0 Å². The Hall–Kier alpha value is -1.63. The molecule has 0 bridgehead atoms. The molecule has 0 aliphatic carbocycles. The molecular formula is C15H22ClN3O3. The zero-order valence-electron chi connectivity index (χ0n) is 12.6. The van der Waals surface area contributed by atoms with Crippen molar-refractivity contribution in [1.29, 1.82) is 0 Å². The molecule has 1 aliphatic heterocycles. The Labute approximate surface area is 136 Å². The minimum Gasteiger partial charge on any atom is -0.378 e. The summed E-state index contributed by atoms with van der Waals surface area (Å²) in [6.45, 7) is 2.02. The zero-order valence-corrected chi connectivity index (χ0v) is 13.4. The van der Waals surface area contributed by atoms with Crippen molar-refractivity contribution >= 4 is 29.9 Å².